The van der Waals surface area contributed by atoms with Gasteiger partial charge in [0.25, 0.3) is 0 Å². The third-order valence-corrected chi connectivity index (χ3v) is 2.99. The maximum absolute atomic E-state index is 11.7. The van der Waals surface area contributed by atoms with Gasteiger partial charge < -0.3 is 11.1 Å². The standard InChI is InChI=1S/C10H20N2O/c1-3-8(4-2)9(13)12-10(7-11)5-6-10/h8H,3-7,11H2,1-2H3,(H,12,13). The zero-order valence-corrected chi connectivity index (χ0v) is 8.60. The molecule has 1 amide bonds. The summed E-state index contributed by atoms with van der Waals surface area (Å²) < 4.78 is 0. The van der Waals surface area contributed by atoms with Crippen molar-refractivity contribution in [1.82, 2.24) is 5.32 Å². The molecule has 0 heterocycles. The molecule has 13 heavy (non-hydrogen) atoms. The highest BCUT2D eigenvalue weighted by atomic mass is 16.2. The van der Waals surface area contributed by atoms with E-state index in [-0.39, 0.29) is 17.4 Å². The molecule has 1 fully saturated rings. The summed E-state index contributed by atoms with van der Waals surface area (Å²) in [6.45, 7) is 4.68. The lowest BCUT2D eigenvalue weighted by Crippen LogP contribution is -2.44. The molecule has 0 aromatic rings. The lowest BCUT2D eigenvalue weighted by Gasteiger charge is -2.19. The summed E-state index contributed by atoms with van der Waals surface area (Å²) in [4.78, 5) is 11.7. The minimum atomic E-state index is -0.0281. The fourth-order valence-corrected chi connectivity index (χ4v) is 1.55. The second-order valence-electron chi connectivity index (χ2n) is 3.99. The Morgan fingerprint density at radius 1 is 1.46 bits per heavy atom. The lowest BCUT2D eigenvalue weighted by molar-refractivity contribution is -0.126. The summed E-state index contributed by atoms with van der Waals surface area (Å²) in [6, 6.07) is 0. The quantitative estimate of drug-likeness (QED) is 0.670. The zero-order chi connectivity index (χ0) is 9.90. The van der Waals surface area contributed by atoms with Crippen molar-refractivity contribution in [2.24, 2.45) is 11.7 Å². The average Bonchev–Trinajstić information content (AvgIpc) is 2.88. The summed E-state index contributed by atoms with van der Waals surface area (Å²) in [5, 5.41) is 3.06. The topological polar surface area (TPSA) is 55.1 Å². The first-order valence-corrected chi connectivity index (χ1v) is 5.19. The van der Waals surface area contributed by atoms with Crippen molar-refractivity contribution < 1.29 is 4.79 Å². The summed E-state index contributed by atoms with van der Waals surface area (Å²) in [5.74, 6) is 0.358. The molecule has 1 aliphatic rings. The lowest BCUT2D eigenvalue weighted by atomic mass is 10.0. The van der Waals surface area contributed by atoms with Gasteiger partial charge in [-0.2, -0.15) is 0 Å². The van der Waals surface area contributed by atoms with Crippen LogP contribution in [0.25, 0.3) is 0 Å². The van der Waals surface area contributed by atoms with Crippen LogP contribution in [0.5, 0.6) is 0 Å². The van der Waals surface area contributed by atoms with Crippen LogP contribution in [0, 0.1) is 5.92 Å². The van der Waals surface area contributed by atoms with Crippen LogP contribution in [0.3, 0.4) is 0 Å². The minimum Gasteiger partial charge on any atom is -0.349 e. The van der Waals surface area contributed by atoms with Crippen molar-refractivity contribution in [3.05, 3.63) is 0 Å². The number of nitrogens with one attached hydrogen (secondary N) is 1. The number of hydrogen-bond donors (Lipinski definition) is 2. The largest absolute Gasteiger partial charge is 0.349 e. The molecule has 0 radical (unpaired) electrons. The highest BCUT2D eigenvalue weighted by Crippen LogP contribution is 2.34. The average molecular weight is 184 g/mol. The molecular weight excluding hydrogens is 164 g/mol. The minimum absolute atomic E-state index is 0.0281. The van der Waals surface area contributed by atoms with Crippen LogP contribution in [0.1, 0.15) is 39.5 Å². The summed E-state index contributed by atoms with van der Waals surface area (Å²) >= 11 is 0. The monoisotopic (exact) mass is 184 g/mol. The van der Waals surface area contributed by atoms with Gasteiger partial charge in [0.2, 0.25) is 5.91 Å². The van der Waals surface area contributed by atoms with Gasteiger partial charge in [-0.3, -0.25) is 4.79 Å². The Morgan fingerprint density at radius 3 is 2.31 bits per heavy atom. The molecule has 1 rings (SSSR count). The van der Waals surface area contributed by atoms with Crippen LogP contribution in [-0.2, 0) is 4.79 Å². The molecule has 1 aliphatic carbocycles. The van der Waals surface area contributed by atoms with Gasteiger partial charge in [0, 0.05) is 12.5 Å². The first-order valence-electron chi connectivity index (χ1n) is 5.19. The van der Waals surface area contributed by atoms with E-state index in [2.05, 4.69) is 19.2 Å². The van der Waals surface area contributed by atoms with Crippen LogP contribution in [-0.4, -0.2) is 18.0 Å². The zero-order valence-electron chi connectivity index (χ0n) is 8.60. The van der Waals surface area contributed by atoms with E-state index in [1.54, 1.807) is 0 Å². The predicted octanol–water partition coefficient (Wildman–Crippen LogP) is 1.03. The Hall–Kier alpha value is -0.570. The molecule has 0 unspecified atom stereocenters. The molecule has 76 valence electrons. The Labute approximate surface area is 80.1 Å². The van der Waals surface area contributed by atoms with E-state index in [0.717, 1.165) is 25.7 Å². The van der Waals surface area contributed by atoms with Gasteiger partial charge >= 0.3 is 0 Å². The molecule has 1 saturated carbocycles. The molecule has 3 heteroatoms. The van der Waals surface area contributed by atoms with Gasteiger partial charge in [-0.15, -0.1) is 0 Å². The Balaban J connectivity index is 2.40. The molecule has 0 spiro atoms. The number of nitrogens with two attached hydrogens (primary N) is 1. The second kappa shape index (κ2) is 4.09. The summed E-state index contributed by atoms with van der Waals surface area (Å²) in [5.41, 5.74) is 5.56. The molecule has 0 atom stereocenters. The normalized spacial score (nSPS) is 18.8. The van der Waals surface area contributed by atoms with Gasteiger partial charge in [0.05, 0.1) is 5.54 Å². The first-order chi connectivity index (χ1) is 6.17. The smallest absolute Gasteiger partial charge is 0.223 e. The van der Waals surface area contributed by atoms with Crippen LogP contribution in [0.4, 0.5) is 0 Å². The number of amides is 1. The van der Waals surface area contributed by atoms with Crippen LogP contribution in [0.2, 0.25) is 0 Å². The van der Waals surface area contributed by atoms with E-state index >= 15 is 0 Å². The molecule has 0 saturated heterocycles. The van der Waals surface area contributed by atoms with E-state index in [1.807, 2.05) is 0 Å². The highest BCUT2D eigenvalue weighted by molar-refractivity contribution is 5.79. The van der Waals surface area contributed by atoms with E-state index < -0.39 is 0 Å². The van der Waals surface area contributed by atoms with Gasteiger partial charge in [0.15, 0.2) is 0 Å². The van der Waals surface area contributed by atoms with Gasteiger partial charge in [0.1, 0.15) is 0 Å². The molecule has 3 N–H and O–H groups in total. The molecule has 0 aliphatic heterocycles. The van der Waals surface area contributed by atoms with Crippen LogP contribution in [0.15, 0.2) is 0 Å². The van der Waals surface area contributed by atoms with Crippen molar-refractivity contribution in [3.8, 4) is 0 Å². The van der Waals surface area contributed by atoms with E-state index in [1.165, 1.54) is 0 Å². The third-order valence-electron chi connectivity index (χ3n) is 2.99. The molecule has 0 aromatic heterocycles. The third kappa shape index (κ3) is 2.44. The SMILES string of the molecule is CCC(CC)C(=O)NC1(CN)CC1. The van der Waals surface area contributed by atoms with Gasteiger partial charge in [-0.25, -0.2) is 0 Å². The molecule has 0 aromatic carbocycles. The fraction of sp³-hybridized carbons (Fsp3) is 0.900. The number of rotatable bonds is 5. The molecular formula is C10H20N2O. The van der Waals surface area contributed by atoms with E-state index in [0.29, 0.717) is 6.54 Å². The van der Waals surface area contributed by atoms with Gasteiger partial charge in [-0.1, -0.05) is 13.8 Å². The maximum Gasteiger partial charge on any atom is 0.223 e. The molecule has 3 nitrogen and oxygen atoms in total. The number of carbonyl (C=O) groups excluding carboxylic acids is 1. The van der Waals surface area contributed by atoms with E-state index in [9.17, 15) is 4.79 Å². The van der Waals surface area contributed by atoms with Crippen molar-refractivity contribution >= 4 is 5.91 Å². The van der Waals surface area contributed by atoms with E-state index in [4.69, 9.17) is 5.73 Å². The van der Waals surface area contributed by atoms with Crippen molar-refractivity contribution in [1.29, 1.82) is 0 Å². The Kier molecular flexibility index (Phi) is 3.31. The summed E-state index contributed by atoms with van der Waals surface area (Å²) in [6.07, 6.45) is 3.94. The molecule has 0 bridgehead atoms. The van der Waals surface area contributed by atoms with Crippen molar-refractivity contribution in [2.45, 2.75) is 45.1 Å². The predicted molar refractivity (Wildman–Crippen MR) is 53.2 cm³/mol. The van der Waals surface area contributed by atoms with Crippen molar-refractivity contribution in [3.63, 3.8) is 0 Å². The van der Waals surface area contributed by atoms with Gasteiger partial charge in [-0.05, 0) is 25.7 Å². The summed E-state index contributed by atoms with van der Waals surface area (Å²) in [7, 11) is 0. The van der Waals surface area contributed by atoms with Crippen LogP contribution < -0.4 is 11.1 Å². The number of hydrogen-bond acceptors (Lipinski definition) is 2. The Bertz CT molecular complexity index is 183. The second-order valence-corrected chi connectivity index (χ2v) is 3.99. The van der Waals surface area contributed by atoms with Crippen LogP contribution >= 0.6 is 0 Å². The van der Waals surface area contributed by atoms with Crippen molar-refractivity contribution in [2.75, 3.05) is 6.54 Å². The number of carbonyl (C=O) groups is 1. The highest BCUT2D eigenvalue weighted by Gasteiger charge is 2.43. The Morgan fingerprint density at radius 2 is 2.00 bits per heavy atom. The first kappa shape index (κ1) is 10.5. The maximum atomic E-state index is 11.7. The fourth-order valence-electron chi connectivity index (χ4n) is 1.55.